The molecule has 0 bridgehead atoms. The number of aryl methyl sites for hydroxylation is 1. The fraction of sp³-hybridized carbons (Fsp3) is 0.438. The predicted octanol–water partition coefficient (Wildman–Crippen LogP) is 3.36. The van der Waals surface area contributed by atoms with Gasteiger partial charge in [0.05, 0.1) is 11.2 Å². The van der Waals surface area contributed by atoms with E-state index in [2.05, 4.69) is 67.4 Å². The zero-order valence-corrected chi connectivity index (χ0v) is 13.5. The SMILES string of the molecule is Cc1ncsc1CN[C@H](C)c1ccc(CN(C)C)cc1. The van der Waals surface area contributed by atoms with E-state index in [1.165, 1.54) is 16.0 Å². The predicted molar refractivity (Wildman–Crippen MR) is 85.9 cm³/mol. The molecule has 4 heteroatoms. The summed E-state index contributed by atoms with van der Waals surface area (Å²) in [6, 6.07) is 9.22. The zero-order chi connectivity index (χ0) is 14.5. The highest BCUT2D eigenvalue weighted by Crippen LogP contribution is 2.17. The van der Waals surface area contributed by atoms with E-state index in [0.717, 1.165) is 18.8 Å². The van der Waals surface area contributed by atoms with Gasteiger partial charge in [0.2, 0.25) is 0 Å². The summed E-state index contributed by atoms with van der Waals surface area (Å²) in [6.45, 7) is 6.14. The second kappa shape index (κ2) is 6.97. The van der Waals surface area contributed by atoms with Crippen molar-refractivity contribution in [2.75, 3.05) is 14.1 Å². The van der Waals surface area contributed by atoms with Crippen LogP contribution in [0.15, 0.2) is 29.8 Å². The van der Waals surface area contributed by atoms with Gasteiger partial charge in [0, 0.05) is 24.0 Å². The van der Waals surface area contributed by atoms with E-state index in [4.69, 9.17) is 0 Å². The van der Waals surface area contributed by atoms with Crippen LogP contribution in [0.4, 0.5) is 0 Å². The second-order valence-electron chi connectivity index (χ2n) is 5.44. The maximum absolute atomic E-state index is 4.28. The van der Waals surface area contributed by atoms with E-state index in [1.54, 1.807) is 11.3 Å². The largest absolute Gasteiger partial charge is 0.305 e. The number of benzene rings is 1. The van der Waals surface area contributed by atoms with Crippen molar-refractivity contribution in [1.29, 1.82) is 0 Å². The Morgan fingerprint density at radius 2 is 1.95 bits per heavy atom. The molecule has 0 aliphatic heterocycles. The molecule has 2 aromatic rings. The maximum atomic E-state index is 4.28. The van der Waals surface area contributed by atoms with Gasteiger partial charge in [-0.15, -0.1) is 11.3 Å². The molecule has 0 saturated heterocycles. The number of hydrogen-bond acceptors (Lipinski definition) is 4. The normalized spacial score (nSPS) is 12.8. The van der Waals surface area contributed by atoms with Crippen molar-refractivity contribution in [3.8, 4) is 0 Å². The van der Waals surface area contributed by atoms with Crippen LogP contribution in [0.25, 0.3) is 0 Å². The Labute approximate surface area is 125 Å². The Morgan fingerprint density at radius 3 is 2.50 bits per heavy atom. The van der Waals surface area contributed by atoms with E-state index < -0.39 is 0 Å². The lowest BCUT2D eigenvalue weighted by molar-refractivity contribution is 0.402. The standard InChI is InChI=1S/C16H23N3S/c1-12(17-9-16-13(2)18-11-20-16)15-7-5-14(6-8-15)10-19(3)4/h5-8,11-12,17H,9-10H2,1-4H3/t12-/m1/s1. The molecule has 1 aromatic carbocycles. The third kappa shape index (κ3) is 4.13. The number of aromatic nitrogens is 1. The summed E-state index contributed by atoms with van der Waals surface area (Å²) < 4.78 is 0. The molecule has 3 nitrogen and oxygen atoms in total. The van der Waals surface area contributed by atoms with Crippen molar-refractivity contribution >= 4 is 11.3 Å². The van der Waals surface area contributed by atoms with Crippen molar-refractivity contribution in [3.05, 3.63) is 51.5 Å². The van der Waals surface area contributed by atoms with Crippen LogP contribution in [0, 0.1) is 6.92 Å². The lowest BCUT2D eigenvalue weighted by atomic mass is 10.1. The summed E-state index contributed by atoms with van der Waals surface area (Å²) in [5.41, 5.74) is 5.72. The molecule has 0 aliphatic rings. The summed E-state index contributed by atoms with van der Waals surface area (Å²) in [6.07, 6.45) is 0. The number of rotatable bonds is 6. The Morgan fingerprint density at radius 1 is 1.25 bits per heavy atom. The number of nitrogens with one attached hydrogen (secondary N) is 1. The second-order valence-corrected chi connectivity index (χ2v) is 6.38. The molecule has 0 amide bonds. The summed E-state index contributed by atoms with van der Waals surface area (Å²) in [5.74, 6) is 0. The fourth-order valence-electron chi connectivity index (χ4n) is 2.14. The van der Waals surface area contributed by atoms with Gasteiger partial charge in [-0.2, -0.15) is 0 Å². The van der Waals surface area contributed by atoms with Gasteiger partial charge in [-0.25, -0.2) is 4.98 Å². The first kappa shape index (κ1) is 15.2. The molecule has 1 atom stereocenters. The minimum absolute atomic E-state index is 0.352. The van der Waals surface area contributed by atoms with Gasteiger partial charge in [-0.1, -0.05) is 24.3 Å². The van der Waals surface area contributed by atoms with Crippen LogP contribution >= 0.6 is 11.3 Å². The van der Waals surface area contributed by atoms with Gasteiger partial charge in [-0.05, 0) is 39.1 Å². The number of hydrogen-bond donors (Lipinski definition) is 1. The molecular formula is C16H23N3S. The first-order valence-corrected chi connectivity index (χ1v) is 7.80. The van der Waals surface area contributed by atoms with Crippen molar-refractivity contribution < 1.29 is 0 Å². The average molecular weight is 289 g/mol. The first-order chi connectivity index (χ1) is 9.56. The fourth-order valence-corrected chi connectivity index (χ4v) is 2.86. The Hall–Kier alpha value is -1.23. The third-order valence-electron chi connectivity index (χ3n) is 3.39. The maximum Gasteiger partial charge on any atom is 0.0798 e. The Bertz CT molecular complexity index is 531. The van der Waals surface area contributed by atoms with Crippen LogP contribution in [-0.2, 0) is 13.1 Å². The molecule has 1 N–H and O–H groups in total. The van der Waals surface area contributed by atoms with Crippen LogP contribution in [0.1, 0.15) is 34.7 Å². The average Bonchev–Trinajstić information content (AvgIpc) is 2.82. The van der Waals surface area contributed by atoms with Crippen molar-refractivity contribution in [1.82, 2.24) is 15.2 Å². The van der Waals surface area contributed by atoms with E-state index in [0.29, 0.717) is 6.04 Å². The summed E-state index contributed by atoms with van der Waals surface area (Å²) in [7, 11) is 4.19. The van der Waals surface area contributed by atoms with Crippen LogP contribution in [0.5, 0.6) is 0 Å². The minimum Gasteiger partial charge on any atom is -0.305 e. The van der Waals surface area contributed by atoms with Gasteiger partial charge in [0.1, 0.15) is 0 Å². The number of thiazole rings is 1. The lowest BCUT2D eigenvalue weighted by Gasteiger charge is -2.15. The van der Waals surface area contributed by atoms with Gasteiger partial charge in [-0.3, -0.25) is 0 Å². The van der Waals surface area contributed by atoms with Gasteiger partial charge in [0.15, 0.2) is 0 Å². The first-order valence-electron chi connectivity index (χ1n) is 6.92. The van der Waals surface area contributed by atoms with Crippen LogP contribution in [0.3, 0.4) is 0 Å². The molecule has 0 saturated carbocycles. The van der Waals surface area contributed by atoms with Crippen LogP contribution < -0.4 is 5.32 Å². The van der Waals surface area contributed by atoms with E-state index in [-0.39, 0.29) is 0 Å². The third-order valence-corrected chi connectivity index (χ3v) is 4.33. The number of nitrogens with zero attached hydrogens (tertiary/aromatic N) is 2. The highest BCUT2D eigenvalue weighted by atomic mass is 32.1. The van der Waals surface area contributed by atoms with Crippen LogP contribution in [-0.4, -0.2) is 24.0 Å². The van der Waals surface area contributed by atoms with Gasteiger partial charge < -0.3 is 10.2 Å². The molecule has 0 spiro atoms. The summed E-state index contributed by atoms with van der Waals surface area (Å²) >= 11 is 1.72. The highest BCUT2D eigenvalue weighted by molar-refractivity contribution is 7.09. The molecule has 1 aromatic heterocycles. The minimum atomic E-state index is 0.352. The zero-order valence-electron chi connectivity index (χ0n) is 12.7. The molecular weight excluding hydrogens is 266 g/mol. The molecule has 0 unspecified atom stereocenters. The lowest BCUT2D eigenvalue weighted by Crippen LogP contribution is -2.18. The quantitative estimate of drug-likeness (QED) is 0.884. The van der Waals surface area contributed by atoms with E-state index >= 15 is 0 Å². The summed E-state index contributed by atoms with van der Waals surface area (Å²) in [4.78, 5) is 7.78. The van der Waals surface area contributed by atoms with Crippen LogP contribution in [0.2, 0.25) is 0 Å². The molecule has 0 radical (unpaired) electrons. The van der Waals surface area contributed by atoms with Gasteiger partial charge >= 0.3 is 0 Å². The molecule has 0 aliphatic carbocycles. The van der Waals surface area contributed by atoms with Gasteiger partial charge in [0.25, 0.3) is 0 Å². The topological polar surface area (TPSA) is 28.2 Å². The smallest absolute Gasteiger partial charge is 0.0798 e. The van der Waals surface area contributed by atoms with E-state index in [9.17, 15) is 0 Å². The summed E-state index contributed by atoms with van der Waals surface area (Å²) in [5, 5.41) is 3.56. The Balaban J connectivity index is 1.92. The molecule has 20 heavy (non-hydrogen) atoms. The molecule has 1 heterocycles. The molecule has 2 rings (SSSR count). The molecule has 0 fully saturated rings. The van der Waals surface area contributed by atoms with Crippen molar-refractivity contribution in [3.63, 3.8) is 0 Å². The monoisotopic (exact) mass is 289 g/mol. The van der Waals surface area contributed by atoms with E-state index in [1.807, 2.05) is 5.51 Å². The highest BCUT2D eigenvalue weighted by Gasteiger charge is 2.07. The van der Waals surface area contributed by atoms with Crippen molar-refractivity contribution in [2.24, 2.45) is 0 Å². The molecule has 108 valence electrons. The Kier molecular flexibility index (Phi) is 5.29. The van der Waals surface area contributed by atoms with Crippen molar-refractivity contribution in [2.45, 2.75) is 33.0 Å².